The van der Waals surface area contributed by atoms with Crippen LogP contribution in [0.2, 0.25) is 0 Å². The van der Waals surface area contributed by atoms with Crippen molar-refractivity contribution in [3.8, 4) is 0 Å². The van der Waals surface area contributed by atoms with Crippen molar-refractivity contribution >= 4 is 5.91 Å². The highest BCUT2D eigenvalue weighted by molar-refractivity contribution is 5.96. The van der Waals surface area contributed by atoms with Gasteiger partial charge < -0.3 is 14.3 Å². The second-order valence-corrected chi connectivity index (χ2v) is 5.20. The average Bonchev–Trinajstić information content (AvgIpc) is 2.96. The molecule has 1 aliphatic carbocycles. The summed E-state index contributed by atoms with van der Waals surface area (Å²) in [5.41, 5.74) is 2.85. The summed E-state index contributed by atoms with van der Waals surface area (Å²) < 4.78 is 7.48. The topological polar surface area (TPSA) is 47.2 Å². The number of furan rings is 1. The number of nitrogens with one attached hydrogen (secondary N) is 1. The molecule has 2 aromatic heterocycles. The molecule has 0 saturated heterocycles. The van der Waals surface area contributed by atoms with Gasteiger partial charge >= 0.3 is 0 Å². The fourth-order valence-electron chi connectivity index (χ4n) is 2.32. The lowest BCUT2D eigenvalue weighted by Crippen LogP contribution is -2.25. The number of carbonyl (C=O) groups excluding carboxylic acids is 1. The molecule has 0 aliphatic heterocycles. The number of aromatic nitrogens is 1. The molecule has 1 saturated carbocycles. The van der Waals surface area contributed by atoms with Crippen molar-refractivity contribution in [3.05, 3.63) is 47.2 Å². The molecule has 1 fully saturated rings. The van der Waals surface area contributed by atoms with Crippen molar-refractivity contribution in [2.45, 2.75) is 39.3 Å². The van der Waals surface area contributed by atoms with Gasteiger partial charge in [0.2, 0.25) is 0 Å². The summed E-state index contributed by atoms with van der Waals surface area (Å²) in [6, 6.07) is 6.17. The van der Waals surface area contributed by atoms with Crippen LogP contribution in [0.25, 0.3) is 0 Å². The van der Waals surface area contributed by atoms with Crippen molar-refractivity contribution in [2.75, 3.05) is 0 Å². The third-order valence-electron chi connectivity index (χ3n) is 3.62. The molecule has 0 aromatic carbocycles. The maximum absolute atomic E-state index is 12.1. The van der Waals surface area contributed by atoms with E-state index in [2.05, 4.69) is 9.88 Å². The van der Waals surface area contributed by atoms with Gasteiger partial charge in [-0.15, -0.1) is 0 Å². The van der Waals surface area contributed by atoms with Crippen LogP contribution in [0.4, 0.5) is 0 Å². The summed E-state index contributed by atoms with van der Waals surface area (Å²) in [7, 11) is 0. The van der Waals surface area contributed by atoms with Crippen molar-refractivity contribution in [1.82, 2.24) is 9.88 Å². The van der Waals surface area contributed by atoms with E-state index in [-0.39, 0.29) is 5.91 Å². The minimum absolute atomic E-state index is 0.0429. The maximum Gasteiger partial charge on any atom is 0.253 e. The quantitative estimate of drug-likeness (QED) is 0.916. The van der Waals surface area contributed by atoms with Gasteiger partial charge in [-0.1, -0.05) is 0 Å². The van der Waals surface area contributed by atoms with Gasteiger partial charge in [0.15, 0.2) is 0 Å². The molecule has 19 heavy (non-hydrogen) atoms. The number of rotatable bonds is 4. The number of amides is 1. The molecular weight excluding hydrogens is 240 g/mol. The number of carbonyl (C=O) groups is 1. The van der Waals surface area contributed by atoms with E-state index in [0.717, 1.165) is 35.6 Å². The maximum atomic E-state index is 12.1. The zero-order valence-corrected chi connectivity index (χ0v) is 11.3. The predicted molar refractivity (Wildman–Crippen MR) is 72.2 cm³/mol. The molecular formula is C15H18N2O2. The molecule has 0 unspecified atom stereocenters. The zero-order chi connectivity index (χ0) is 13.4. The monoisotopic (exact) mass is 258 g/mol. The minimum atomic E-state index is 0.0429. The Morgan fingerprint density at radius 3 is 2.89 bits per heavy atom. The Labute approximate surface area is 112 Å². The SMILES string of the molecule is Cc1cc(C(=O)NC2CC2)c(C)n1Cc1ccco1. The average molecular weight is 258 g/mol. The van der Waals surface area contributed by atoms with E-state index in [1.54, 1.807) is 6.26 Å². The van der Waals surface area contributed by atoms with Crippen molar-refractivity contribution in [2.24, 2.45) is 0 Å². The number of hydrogen-bond donors (Lipinski definition) is 1. The van der Waals surface area contributed by atoms with Gasteiger partial charge in [0.25, 0.3) is 5.91 Å². The van der Waals surface area contributed by atoms with Crippen LogP contribution in [0.5, 0.6) is 0 Å². The molecule has 0 spiro atoms. The Balaban J connectivity index is 1.84. The van der Waals surface area contributed by atoms with Gasteiger partial charge in [-0.3, -0.25) is 4.79 Å². The van der Waals surface area contributed by atoms with Gasteiger partial charge in [-0.05, 0) is 44.9 Å². The standard InChI is InChI=1S/C15H18N2O2/c1-10-8-14(15(18)16-12-5-6-12)11(2)17(10)9-13-4-3-7-19-13/h3-4,7-8,12H,5-6,9H2,1-2H3,(H,16,18). The molecule has 0 atom stereocenters. The normalized spacial score (nSPS) is 14.6. The van der Waals surface area contributed by atoms with Crippen LogP contribution < -0.4 is 5.32 Å². The van der Waals surface area contributed by atoms with Crippen LogP contribution in [-0.2, 0) is 6.54 Å². The van der Waals surface area contributed by atoms with E-state index in [1.807, 2.05) is 32.0 Å². The van der Waals surface area contributed by atoms with Crippen LogP contribution in [0, 0.1) is 13.8 Å². The number of aryl methyl sites for hydroxylation is 1. The van der Waals surface area contributed by atoms with E-state index < -0.39 is 0 Å². The van der Waals surface area contributed by atoms with Gasteiger partial charge in [0.1, 0.15) is 5.76 Å². The van der Waals surface area contributed by atoms with Crippen molar-refractivity contribution in [3.63, 3.8) is 0 Å². The minimum Gasteiger partial charge on any atom is -0.467 e. The molecule has 0 radical (unpaired) electrons. The Hall–Kier alpha value is -1.97. The molecule has 2 aromatic rings. The molecule has 1 aliphatic rings. The highest BCUT2D eigenvalue weighted by atomic mass is 16.3. The fraction of sp³-hybridized carbons (Fsp3) is 0.400. The summed E-state index contributed by atoms with van der Waals surface area (Å²) in [4.78, 5) is 12.1. The Morgan fingerprint density at radius 2 is 2.26 bits per heavy atom. The smallest absolute Gasteiger partial charge is 0.253 e. The Kier molecular flexibility index (Phi) is 2.93. The first kappa shape index (κ1) is 12.1. The molecule has 3 rings (SSSR count). The van der Waals surface area contributed by atoms with E-state index in [1.165, 1.54) is 0 Å². The molecule has 100 valence electrons. The van der Waals surface area contributed by atoms with Crippen LogP contribution in [-0.4, -0.2) is 16.5 Å². The summed E-state index contributed by atoms with van der Waals surface area (Å²) in [6.07, 6.45) is 3.89. The van der Waals surface area contributed by atoms with E-state index in [4.69, 9.17) is 4.42 Å². The van der Waals surface area contributed by atoms with Crippen molar-refractivity contribution in [1.29, 1.82) is 0 Å². The number of nitrogens with zero attached hydrogens (tertiary/aromatic N) is 1. The van der Waals surface area contributed by atoms with Crippen LogP contribution in [0.3, 0.4) is 0 Å². The summed E-state index contributed by atoms with van der Waals surface area (Å²) >= 11 is 0. The molecule has 1 amide bonds. The van der Waals surface area contributed by atoms with Gasteiger partial charge in [-0.2, -0.15) is 0 Å². The molecule has 4 nitrogen and oxygen atoms in total. The summed E-state index contributed by atoms with van der Waals surface area (Å²) in [5.74, 6) is 0.942. The van der Waals surface area contributed by atoms with E-state index in [0.29, 0.717) is 12.6 Å². The van der Waals surface area contributed by atoms with E-state index in [9.17, 15) is 4.79 Å². The summed E-state index contributed by atoms with van der Waals surface area (Å²) in [5, 5.41) is 3.03. The largest absolute Gasteiger partial charge is 0.467 e. The van der Waals surface area contributed by atoms with E-state index >= 15 is 0 Å². The molecule has 1 N–H and O–H groups in total. The lowest BCUT2D eigenvalue weighted by atomic mass is 10.2. The molecule has 4 heteroatoms. The first-order chi connectivity index (χ1) is 9.15. The first-order valence-corrected chi connectivity index (χ1v) is 6.65. The fourth-order valence-corrected chi connectivity index (χ4v) is 2.32. The van der Waals surface area contributed by atoms with Gasteiger partial charge in [-0.25, -0.2) is 0 Å². The van der Waals surface area contributed by atoms with Gasteiger partial charge in [0, 0.05) is 17.4 Å². The molecule has 0 bridgehead atoms. The van der Waals surface area contributed by atoms with Crippen LogP contribution in [0.1, 0.15) is 40.3 Å². The van der Waals surface area contributed by atoms with Crippen LogP contribution in [0.15, 0.2) is 28.9 Å². The molecule has 2 heterocycles. The second-order valence-electron chi connectivity index (χ2n) is 5.20. The highest BCUT2D eigenvalue weighted by Gasteiger charge is 2.25. The van der Waals surface area contributed by atoms with Gasteiger partial charge in [0.05, 0.1) is 18.4 Å². The lowest BCUT2D eigenvalue weighted by molar-refractivity contribution is 0.0950. The second kappa shape index (κ2) is 4.61. The number of hydrogen-bond acceptors (Lipinski definition) is 2. The predicted octanol–water partition coefficient (Wildman–Crippen LogP) is 2.64. The first-order valence-electron chi connectivity index (χ1n) is 6.65. The Bertz CT molecular complexity index is 592. The lowest BCUT2D eigenvalue weighted by Gasteiger charge is -2.08. The third-order valence-corrected chi connectivity index (χ3v) is 3.62. The zero-order valence-electron chi connectivity index (χ0n) is 11.3. The summed E-state index contributed by atoms with van der Waals surface area (Å²) in [6.45, 7) is 4.67. The highest BCUT2D eigenvalue weighted by Crippen LogP contribution is 2.22. The van der Waals surface area contributed by atoms with Crippen LogP contribution >= 0.6 is 0 Å². The Morgan fingerprint density at radius 1 is 1.47 bits per heavy atom. The third kappa shape index (κ3) is 2.43. The van der Waals surface area contributed by atoms with Crippen molar-refractivity contribution < 1.29 is 9.21 Å².